The summed E-state index contributed by atoms with van der Waals surface area (Å²) in [6, 6.07) is 27.2. The van der Waals surface area contributed by atoms with Gasteiger partial charge in [0.2, 0.25) is 11.8 Å². The number of likely N-dealkylation sites (tertiary alicyclic amines) is 2. The van der Waals surface area contributed by atoms with Gasteiger partial charge < -0.3 is 24.6 Å². The summed E-state index contributed by atoms with van der Waals surface area (Å²) < 4.78 is 11.4. The zero-order valence-corrected chi connectivity index (χ0v) is 34.3. The number of carbonyl (C=O) groups excluding carboxylic acids is 3. The lowest BCUT2D eigenvalue weighted by molar-refractivity contribution is -0.130. The number of aliphatic imine (C=N–C) groups is 1. The number of amides is 3. The third kappa shape index (κ3) is 9.83. The molecule has 306 valence electrons. The van der Waals surface area contributed by atoms with Gasteiger partial charge in [0.15, 0.2) is 0 Å². The third-order valence-electron chi connectivity index (χ3n) is 11.2. The van der Waals surface area contributed by atoms with Crippen molar-refractivity contribution < 1.29 is 23.9 Å². The van der Waals surface area contributed by atoms with E-state index in [4.69, 9.17) is 31.5 Å². The zero-order chi connectivity index (χ0) is 41.5. The Morgan fingerprint density at radius 3 is 2.36 bits per heavy atom. The molecule has 2 fully saturated rings. The number of carbonyl (C=O) groups is 3. The molecule has 4 aromatic carbocycles. The van der Waals surface area contributed by atoms with Gasteiger partial charge in [0.05, 0.1) is 38.0 Å². The number of ether oxygens (including phenoxy) is 2. The third-order valence-corrected chi connectivity index (χ3v) is 11.4. The van der Waals surface area contributed by atoms with E-state index in [-0.39, 0.29) is 48.3 Å². The Hall–Kier alpha value is -6.01. The maximum Gasteiger partial charge on any atom is 0.253 e. The highest BCUT2D eigenvalue weighted by Crippen LogP contribution is 2.34. The van der Waals surface area contributed by atoms with Crippen LogP contribution in [0, 0.1) is 10.8 Å². The monoisotopic (exact) mass is 815 g/mol. The first kappa shape index (κ1) is 41.2. The number of hydrogen-bond donors (Lipinski definition) is 3. The largest absolute Gasteiger partial charge is 0.497 e. The second-order valence-corrected chi connectivity index (χ2v) is 15.6. The van der Waals surface area contributed by atoms with Crippen molar-refractivity contribution in [2.45, 2.75) is 64.0 Å². The van der Waals surface area contributed by atoms with Crippen LogP contribution in [0.15, 0.2) is 96.0 Å². The molecule has 0 bridgehead atoms. The van der Waals surface area contributed by atoms with E-state index in [1.165, 1.54) is 4.90 Å². The van der Waals surface area contributed by atoms with Gasteiger partial charge in [0.1, 0.15) is 29.2 Å². The van der Waals surface area contributed by atoms with E-state index in [1.807, 2.05) is 52.3 Å². The molecule has 0 radical (unpaired) electrons. The van der Waals surface area contributed by atoms with E-state index in [0.29, 0.717) is 65.1 Å². The van der Waals surface area contributed by atoms with E-state index in [0.717, 1.165) is 55.5 Å². The molecule has 1 atom stereocenters. The molecule has 3 aliphatic heterocycles. The summed E-state index contributed by atoms with van der Waals surface area (Å²) in [7, 11) is 1.58. The first-order valence-corrected chi connectivity index (χ1v) is 20.6. The van der Waals surface area contributed by atoms with Gasteiger partial charge in [0, 0.05) is 54.4 Å². The van der Waals surface area contributed by atoms with Crippen molar-refractivity contribution in [1.82, 2.24) is 15.1 Å². The number of methoxy groups -OCH3 is 1. The van der Waals surface area contributed by atoms with Crippen molar-refractivity contribution in [3.63, 3.8) is 0 Å². The summed E-state index contributed by atoms with van der Waals surface area (Å²) in [6.07, 6.45) is 3.97. The standard InChI is InChI=1S/C46H50ClN7O5/c1-30(48)54-41-16-15-37(58-2)27-39(41)44(33-11-13-36(47)14-12-33)51-40(45(54)49)28-42(55)50-29-31-7-5-8-34(25-31)32-17-22-53(23-18-32)46(57)35-9-6-10-38(26-35)59-24-19-43(56)52-20-3-4-21-52/h5-16,25-27,32,40,48-49H,3-4,17-24,28-29H2,1-2H3,(H,50,55). The molecule has 4 aromatic rings. The van der Waals surface area contributed by atoms with E-state index in [9.17, 15) is 19.8 Å². The van der Waals surface area contributed by atoms with Crippen LogP contribution in [0.1, 0.15) is 84.0 Å². The van der Waals surface area contributed by atoms with Crippen LogP contribution in [0.3, 0.4) is 0 Å². The van der Waals surface area contributed by atoms with Crippen LogP contribution in [0.25, 0.3) is 0 Å². The van der Waals surface area contributed by atoms with Crippen LogP contribution in [-0.4, -0.2) is 90.8 Å². The summed E-state index contributed by atoms with van der Waals surface area (Å²) in [6.45, 7) is 5.07. The maximum atomic E-state index is 13.6. The highest BCUT2D eigenvalue weighted by Gasteiger charge is 2.33. The van der Waals surface area contributed by atoms with Gasteiger partial charge in [-0.05, 0) is 98.2 Å². The van der Waals surface area contributed by atoms with Gasteiger partial charge in [-0.15, -0.1) is 0 Å². The second kappa shape index (κ2) is 18.7. The number of nitrogens with zero attached hydrogens (tertiary/aromatic N) is 4. The molecule has 0 aromatic heterocycles. The average Bonchev–Trinajstić information content (AvgIpc) is 3.77. The molecule has 3 N–H and O–H groups in total. The van der Waals surface area contributed by atoms with Gasteiger partial charge in [-0.2, -0.15) is 0 Å². The molecule has 3 heterocycles. The predicted molar refractivity (Wildman–Crippen MR) is 231 cm³/mol. The fourth-order valence-electron chi connectivity index (χ4n) is 8.04. The molecule has 0 saturated carbocycles. The van der Waals surface area contributed by atoms with Crippen molar-refractivity contribution in [2.24, 2.45) is 4.99 Å². The first-order chi connectivity index (χ1) is 28.6. The number of rotatable bonds is 12. The molecule has 3 amide bonds. The highest BCUT2D eigenvalue weighted by molar-refractivity contribution is 6.31. The SMILES string of the molecule is COc1ccc2c(c1)C(c1ccc(Cl)cc1)=NC(CC(=O)NCc1cccc(C3CCN(C(=O)c4cccc(OCCC(=O)N5CCCC5)c4)CC3)c1)C(=N)N2C(C)=N. The molecule has 2 saturated heterocycles. The number of nitrogens with one attached hydrogen (secondary N) is 3. The summed E-state index contributed by atoms with van der Waals surface area (Å²) in [5.74, 6) is 1.41. The quantitative estimate of drug-likeness (QED) is 0.0998. The van der Waals surface area contributed by atoms with Gasteiger partial charge in [-0.25, -0.2) is 0 Å². The van der Waals surface area contributed by atoms with Crippen molar-refractivity contribution in [1.29, 1.82) is 10.8 Å². The van der Waals surface area contributed by atoms with E-state index in [2.05, 4.69) is 17.4 Å². The molecule has 3 aliphatic rings. The van der Waals surface area contributed by atoms with E-state index >= 15 is 0 Å². The Balaban J connectivity index is 0.957. The number of amidine groups is 2. The summed E-state index contributed by atoms with van der Waals surface area (Å²) in [4.78, 5) is 49.8. The Kier molecular flexibility index (Phi) is 13.1. The first-order valence-electron chi connectivity index (χ1n) is 20.2. The molecule has 7 rings (SSSR count). The van der Waals surface area contributed by atoms with Crippen LogP contribution in [-0.2, 0) is 16.1 Å². The van der Waals surface area contributed by atoms with E-state index in [1.54, 1.807) is 50.4 Å². The molecular formula is C46H50ClN7O5. The fraction of sp³-hybridized carbons (Fsp3) is 0.348. The minimum Gasteiger partial charge on any atom is -0.497 e. The normalized spacial score (nSPS) is 16.9. The molecule has 12 nitrogen and oxygen atoms in total. The Morgan fingerprint density at radius 2 is 1.63 bits per heavy atom. The van der Waals surface area contributed by atoms with Gasteiger partial charge in [0.25, 0.3) is 5.91 Å². The maximum absolute atomic E-state index is 13.6. The summed E-state index contributed by atoms with van der Waals surface area (Å²) >= 11 is 6.22. The number of benzene rings is 4. The highest BCUT2D eigenvalue weighted by atomic mass is 35.5. The number of benzodiazepines with no additional fused rings is 1. The Labute approximate surface area is 350 Å². The minimum absolute atomic E-state index is 0.0249. The van der Waals surface area contributed by atoms with Crippen molar-refractivity contribution >= 4 is 52.4 Å². The number of halogens is 1. The Morgan fingerprint density at radius 1 is 0.881 bits per heavy atom. The topological polar surface area (TPSA) is 151 Å². The molecule has 1 unspecified atom stereocenters. The van der Waals surface area contributed by atoms with Gasteiger partial charge in [-0.1, -0.05) is 54.1 Å². The lowest BCUT2D eigenvalue weighted by Gasteiger charge is -2.32. The summed E-state index contributed by atoms with van der Waals surface area (Å²) in [5.41, 5.74) is 5.29. The number of fused-ring (bicyclic) bond motifs is 1. The predicted octanol–water partition coefficient (Wildman–Crippen LogP) is 7.47. The number of piperidine rings is 1. The molecule has 59 heavy (non-hydrogen) atoms. The molecule has 0 spiro atoms. The summed E-state index contributed by atoms with van der Waals surface area (Å²) in [5, 5.41) is 21.4. The van der Waals surface area contributed by atoms with Crippen LogP contribution < -0.4 is 19.7 Å². The number of hydrogen-bond acceptors (Lipinski definition) is 8. The fourth-order valence-corrected chi connectivity index (χ4v) is 8.16. The van der Waals surface area contributed by atoms with Crippen LogP contribution in [0.4, 0.5) is 5.69 Å². The lowest BCUT2D eigenvalue weighted by atomic mass is 9.88. The van der Waals surface area contributed by atoms with Crippen LogP contribution in [0.2, 0.25) is 5.02 Å². The molecular weight excluding hydrogens is 766 g/mol. The van der Waals surface area contributed by atoms with Crippen LogP contribution >= 0.6 is 11.6 Å². The van der Waals surface area contributed by atoms with Gasteiger partial charge in [-0.3, -0.25) is 35.1 Å². The van der Waals surface area contributed by atoms with E-state index < -0.39 is 6.04 Å². The van der Waals surface area contributed by atoms with Crippen LogP contribution in [0.5, 0.6) is 11.5 Å². The smallest absolute Gasteiger partial charge is 0.253 e. The molecule has 13 heteroatoms. The minimum atomic E-state index is -0.871. The van der Waals surface area contributed by atoms with Crippen molar-refractivity contribution in [2.75, 3.05) is 44.8 Å². The Bertz CT molecular complexity index is 2250. The van der Waals surface area contributed by atoms with Crippen molar-refractivity contribution in [3.8, 4) is 11.5 Å². The number of anilines is 1. The van der Waals surface area contributed by atoms with Crippen molar-refractivity contribution in [3.05, 3.63) is 124 Å². The molecule has 0 aliphatic carbocycles. The van der Waals surface area contributed by atoms with Gasteiger partial charge >= 0.3 is 0 Å². The zero-order valence-electron chi connectivity index (χ0n) is 33.5. The second-order valence-electron chi connectivity index (χ2n) is 15.2. The average molecular weight is 816 g/mol. The lowest BCUT2D eigenvalue weighted by Crippen LogP contribution is -2.42.